The van der Waals surface area contributed by atoms with Crippen molar-refractivity contribution in [3.63, 3.8) is 0 Å². The summed E-state index contributed by atoms with van der Waals surface area (Å²) in [5.41, 5.74) is 10.5. The van der Waals surface area contributed by atoms with Crippen molar-refractivity contribution in [3.8, 4) is 0 Å². The fourth-order valence-electron chi connectivity index (χ4n) is 2.03. The van der Waals surface area contributed by atoms with Crippen LogP contribution < -0.4 is 5.73 Å². The van der Waals surface area contributed by atoms with Crippen LogP contribution in [0.1, 0.15) is 32.9 Å². The average Bonchev–Trinajstić information content (AvgIpc) is 2.64. The van der Waals surface area contributed by atoms with Gasteiger partial charge in [0, 0.05) is 7.05 Å². The number of nitrogens with two attached hydrogens (primary N) is 1. The van der Waals surface area contributed by atoms with E-state index in [1.165, 1.54) is 15.8 Å². The Labute approximate surface area is 118 Å². The molecule has 0 saturated heterocycles. The molecule has 1 aromatic heterocycles. The maximum absolute atomic E-state index is 12.1. The van der Waals surface area contributed by atoms with Crippen LogP contribution in [0.15, 0.2) is 18.2 Å². The molecular weight excluding hydrogens is 254 g/mol. The van der Waals surface area contributed by atoms with Gasteiger partial charge >= 0.3 is 5.97 Å². The van der Waals surface area contributed by atoms with E-state index in [-0.39, 0.29) is 6.61 Å². The monoisotopic (exact) mass is 273 g/mol. The zero-order valence-corrected chi connectivity index (χ0v) is 12.2. The number of aryl methyl sites for hydroxylation is 4. The molecule has 2 aromatic rings. The smallest absolute Gasteiger partial charge is 0.359 e. The first-order chi connectivity index (χ1) is 9.40. The Morgan fingerprint density at radius 3 is 2.55 bits per heavy atom. The maximum atomic E-state index is 12.1. The minimum absolute atomic E-state index is 0.226. The van der Waals surface area contributed by atoms with E-state index in [1.54, 1.807) is 14.0 Å². The molecule has 2 rings (SSSR count). The van der Waals surface area contributed by atoms with E-state index in [0.29, 0.717) is 17.1 Å². The van der Waals surface area contributed by atoms with E-state index in [4.69, 9.17) is 10.5 Å². The van der Waals surface area contributed by atoms with Crippen LogP contribution in [0, 0.1) is 20.8 Å². The molecule has 0 atom stereocenters. The lowest BCUT2D eigenvalue weighted by atomic mass is 10.1. The van der Waals surface area contributed by atoms with Crippen LogP contribution in [0.25, 0.3) is 0 Å². The summed E-state index contributed by atoms with van der Waals surface area (Å²) in [6.45, 7) is 6.06. The number of esters is 1. The number of nitrogen functional groups attached to an aromatic ring is 1. The fourth-order valence-corrected chi connectivity index (χ4v) is 2.03. The van der Waals surface area contributed by atoms with E-state index < -0.39 is 5.97 Å². The number of hydrogen-bond acceptors (Lipinski definition) is 4. The van der Waals surface area contributed by atoms with E-state index in [2.05, 4.69) is 5.10 Å². The predicted octanol–water partition coefficient (Wildman–Crippen LogP) is 2.28. The third-order valence-corrected chi connectivity index (χ3v) is 3.40. The number of hydrogen-bond donors (Lipinski definition) is 1. The first-order valence-corrected chi connectivity index (χ1v) is 6.42. The second kappa shape index (κ2) is 5.36. The van der Waals surface area contributed by atoms with Crippen LogP contribution in [-0.2, 0) is 18.4 Å². The van der Waals surface area contributed by atoms with Crippen LogP contribution in [0.3, 0.4) is 0 Å². The Bertz CT molecular complexity index is 659. The van der Waals surface area contributed by atoms with Gasteiger partial charge < -0.3 is 10.5 Å². The van der Waals surface area contributed by atoms with Crippen LogP contribution in [0.5, 0.6) is 0 Å². The molecule has 0 amide bonds. The lowest BCUT2D eigenvalue weighted by molar-refractivity contribution is 0.0461. The van der Waals surface area contributed by atoms with Crippen molar-refractivity contribution < 1.29 is 9.53 Å². The van der Waals surface area contributed by atoms with Crippen molar-refractivity contribution in [1.29, 1.82) is 0 Å². The van der Waals surface area contributed by atoms with Crippen molar-refractivity contribution in [2.24, 2.45) is 7.05 Å². The highest BCUT2D eigenvalue weighted by atomic mass is 16.5. The van der Waals surface area contributed by atoms with E-state index in [9.17, 15) is 4.79 Å². The highest BCUT2D eigenvalue weighted by molar-refractivity contribution is 5.93. The first kappa shape index (κ1) is 14.1. The average molecular weight is 273 g/mol. The van der Waals surface area contributed by atoms with Crippen molar-refractivity contribution in [2.75, 3.05) is 5.73 Å². The summed E-state index contributed by atoms with van der Waals surface area (Å²) in [6.07, 6.45) is 0. The van der Waals surface area contributed by atoms with Gasteiger partial charge in [0.05, 0.1) is 11.4 Å². The summed E-state index contributed by atoms with van der Waals surface area (Å²) in [5, 5.41) is 4.10. The standard InChI is InChI=1S/C15H19N3O2/c1-9-5-6-12(7-10(9)2)8-20-15(19)14-13(16)11(3)17-18(14)4/h5-7H,8,16H2,1-4H3. The number of aromatic nitrogens is 2. The van der Waals surface area contributed by atoms with Gasteiger partial charge in [0.1, 0.15) is 6.61 Å². The maximum Gasteiger partial charge on any atom is 0.359 e. The lowest BCUT2D eigenvalue weighted by Gasteiger charge is -2.08. The van der Waals surface area contributed by atoms with Crippen molar-refractivity contribution in [1.82, 2.24) is 9.78 Å². The summed E-state index contributed by atoms with van der Waals surface area (Å²) >= 11 is 0. The Morgan fingerprint density at radius 1 is 1.30 bits per heavy atom. The van der Waals surface area contributed by atoms with Crippen LogP contribution >= 0.6 is 0 Å². The Morgan fingerprint density at radius 2 is 2.00 bits per heavy atom. The zero-order chi connectivity index (χ0) is 14.9. The summed E-state index contributed by atoms with van der Waals surface area (Å²) in [7, 11) is 1.68. The second-order valence-corrected chi connectivity index (χ2v) is 4.97. The van der Waals surface area contributed by atoms with Crippen molar-refractivity contribution in [3.05, 3.63) is 46.3 Å². The second-order valence-electron chi connectivity index (χ2n) is 4.97. The zero-order valence-electron chi connectivity index (χ0n) is 12.2. The van der Waals surface area contributed by atoms with Gasteiger partial charge in [-0.05, 0) is 37.5 Å². The first-order valence-electron chi connectivity index (χ1n) is 6.42. The van der Waals surface area contributed by atoms with Crippen LogP contribution in [0.2, 0.25) is 0 Å². The van der Waals surface area contributed by atoms with Gasteiger partial charge in [0.25, 0.3) is 0 Å². The molecule has 1 aromatic carbocycles. The third-order valence-electron chi connectivity index (χ3n) is 3.40. The van der Waals surface area contributed by atoms with Gasteiger partial charge in [-0.15, -0.1) is 0 Å². The number of ether oxygens (including phenoxy) is 1. The van der Waals surface area contributed by atoms with Gasteiger partial charge in [-0.3, -0.25) is 4.68 Å². The summed E-state index contributed by atoms with van der Waals surface area (Å²) in [6, 6.07) is 5.98. The molecule has 0 aliphatic rings. The molecule has 2 N–H and O–H groups in total. The molecule has 0 radical (unpaired) electrons. The number of nitrogens with zero attached hydrogens (tertiary/aromatic N) is 2. The Balaban J connectivity index is 2.10. The minimum Gasteiger partial charge on any atom is -0.456 e. The Kier molecular flexibility index (Phi) is 3.79. The van der Waals surface area contributed by atoms with Crippen LogP contribution in [0.4, 0.5) is 5.69 Å². The van der Waals surface area contributed by atoms with Gasteiger partial charge in [0.15, 0.2) is 5.69 Å². The largest absolute Gasteiger partial charge is 0.456 e. The summed E-state index contributed by atoms with van der Waals surface area (Å²) in [5.74, 6) is -0.455. The highest BCUT2D eigenvalue weighted by Gasteiger charge is 2.19. The van der Waals surface area contributed by atoms with E-state index in [1.807, 2.05) is 32.0 Å². The molecule has 0 aliphatic carbocycles. The molecule has 5 heteroatoms. The topological polar surface area (TPSA) is 70.1 Å². The highest BCUT2D eigenvalue weighted by Crippen LogP contribution is 2.17. The molecule has 0 bridgehead atoms. The van der Waals surface area contributed by atoms with Gasteiger partial charge in [-0.1, -0.05) is 18.2 Å². The fraction of sp³-hybridized carbons (Fsp3) is 0.333. The van der Waals surface area contributed by atoms with E-state index >= 15 is 0 Å². The number of rotatable bonds is 3. The molecule has 1 heterocycles. The molecule has 5 nitrogen and oxygen atoms in total. The van der Waals surface area contributed by atoms with Gasteiger partial charge in [0.2, 0.25) is 0 Å². The predicted molar refractivity (Wildman–Crippen MR) is 77.4 cm³/mol. The Hall–Kier alpha value is -2.30. The number of carbonyl (C=O) groups excluding carboxylic acids is 1. The number of benzene rings is 1. The minimum atomic E-state index is -0.455. The lowest BCUT2D eigenvalue weighted by Crippen LogP contribution is -2.12. The van der Waals surface area contributed by atoms with Gasteiger partial charge in [-0.25, -0.2) is 4.79 Å². The molecule has 106 valence electrons. The van der Waals surface area contributed by atoms with Gasteiger partial charge in [-0.2, -0.15) is 5.10 Å². The quantitative estimate of drug-likeness (QED) is 0.871. The molecule has 0 fully saturated rings. The SMILES string of the molecule is Cc1ccc(COC(=O)c2c(N)c(C)nn2C)cc1C. The third kappa shape index (κ3) is 2.66. The summed E-state index contributed by atoms with van der Waals surface area (Å²) in [4.78, 5) is 12.1. The molecule has 0 spiro atoms. The molecule has 0 unspecified atom stereocenters. The summed E-state index contributed by atoms with van der Waals surface area (Å²) < 4.78 is 6.76. The normalized spacial score (nSPS) is 10.6. The van der Waals surface area contributed by atoms with E-state index in [0.717, 1.165) is 5.56 Å². The van der Waals surface area contributed by atoms with Crippen LogP contribution in [-0.4, -0.2) is 15.7 Å². The van der Waals surface area contributed by atoms with Crippen molar-refractivity contribution in [2.45, 2.75) is 27.4 Å². The number of carbonyl (C=O) groups is 1. The molecule has 0 aliphatic heterocycles. The molecule has 0 saturated carbocycles. The van der Waals surface area contributed by atoms with Crippen molar-refractivity contribution >= 4 is 11.7 Å². The number of anilines is 1. The molecule has 20 heavy (non-hydrogen) atoms. The molecular formula is C15H19N3O2.